The van der Waals surface area contributed by atoms with Crippen molar-refractivity contribution in [1.82, 2.24) is 14.9 Å². The number of benzene rings is 2. The molecule has 0 aliphatic carbocycles. The lowest BCUT2D eigenvalue weighted by molar-refractivity contribution is 0.0748. The quantitative estimate of drug-likeness (QED) is 0.456. The molecule has 1 amide bonds. The number of amides is 1. The number of aryl methyl sites for hydroxylation is 1. The number of hydrogen-bond acceptors (Lipinski definition) is 5. The van der Waals surface area contributed by atoms with E-state index in [2.05, 4.69) is 11.1 Å². The number of carbonyl (C=O) groups is 1. The van der Waals surface area contributed by atoms with Gasteiger partial charge in [0.2, 0.25) is 0 Å². The fraction of sp³-hybridized carbons (Fsp3) is 0.190. The Balaban J connectivity index is 1.66. The Morgan fingerprint density at radius 1 is 1.00 bits per heavy atom. The molecule has 2 heterocycles. The molecule has 4 nitrogen and oxygen atoms in total. The Labute approximate surface area is 166 Å². The molecule has 0 aliphatic heterocycles. The fourth-order valence-corrected chi connectivity index (χ4v) is 4.92. The highest BCUT2D eigenvalue weighted by Gasteiger charge is 2.26. The molecule has 27 heavy (non-hydrogen) atoms. The zero-order valence-electron chi connectivity index (χ0n) is 15.3. The molecule has 2 aromatic heterocycles. The first-order chi connectivity index (χ1) is 13.0. The van der Waals surface area contributed by atoms with Crippen LogP contribution in [-0.4, -0.2) is 27.8 Å². The predicted molar refractivity (Wildman–Crippen MR) is 112 cm³/mol. The minimum absolute atomic E-state index is 0.0220. The average Bonchev–Trinajstić information content (AvgIpc) is 3.30. The Hall–Kier alpha value is -2.57. The van der Waals surface area contributed by atoms with Crippen molar-refractivity contribution in [1.29, 1.82) is 0 Å². The largest absolute Gasteiger partial charge is 0.332 e. The van der Waals surface area contributed by atoms with Crippen LogP contribution in [0.3, 0.4) is 0 Å². The van der Waals surface area contributed by atoms with E-state index in [1.165, 1.54) is 11.3 Å². The second-order valence-electron chi connectivity index (χ2n) is 6.39. The fourth-order valence-electron chi connectivity index (χ4n) is 2.93. The van der Waals surface area contributed by atoms with Crippen molar-refractivity contribution >= 4 is 38.8 Å². The number of hydrogen-bond donors (Lipinski definition) is 0. The van der Waals surface area contributed by atoms with Gasteiger partial charge in [-0.05, 0) is 26.0 Å². The number of fused-ring (bicyclic) bond motifs is 1. The summed E-state index contributed by atoms with van der Waals surface area (Å²) in [5, 5.41) is 1.83. The van der Waals surface area contributed by atoms with Crippen molar-refractivity contribution in [2.45, 2.75) is 19.9 Å². The van der Waals surface area contributed by atoms with Gasteiger partial charge in [-0.15, -0.1) is 22.7 Å². The SMILES string of the molecule is Cc1nc(-c2ccccc2)c(C(=O)N(C)[C@H](C)c2nc3ccccc3s2)s1. The summed E-state index contributed by atoms with van der Waals surface area (Å²) in [5.41, 5.74) is 2.70. The third-order valence-corrected chi connectivity index (χ3v) is 6.71. The molecule has 0 N–H and O–H groups in total. The number of thiazole rings is 2. The van der Waals surface area contributed by atoms with E-state index in [0.29, 0.717) is 4.88 Å². The lowest BCUT2D eigenvalue weighted by Crippen LogP contribution is -2.29. The maximum absolute atomic E-state index is 13.3. The van der Waals surface area contributed by atoms with Crippen LogP contribution in [0.4, 0.5) is 0 Å². The van der Waals surface area contributed by atoms with Crippen molar-refractivity contribution in [2.75, 3.05) is 7.05 Å². The Morgan fingerprint density at radius 2 is 1.70 bits per heavy atom. The topological polar surface area (TPSA) is 46.1 Å². The van der Waals surface area contributed by atoms with Crippen molar-refractivity contribution < 1.29 is 4.79 Å². The summed E-state index contributed by atoms with van der Waals surface area (Å²) in [4.78, 5) is 25.0. The van der Waals surface area contributed by atoms with Crippen LogP contribution in [0.25, 0.3) is 21.5 Å². The molecule has 4 rings (SSSR count). The van der Waals surface area contributed by atoms with Crippen LogP contribution in [0.5, 0.6) is 0 Å². The predicted octanol–water partition coefficient (Wildman–Crippen LogP) is 5.56. The molecule has 0 fully saturated rings. The van der Waals surface area contributed by atoms with Crippen LogP contribution < -0.4 is 0 Å². The summed E-state index contributed by atoms with van der Waals surface area (Å²) in [5.74, 6) is -0.0220. The Kier molecular flexibility index (Phi) is 4.76. The van der Waals surface area contributed by atoms with E-state index in [0.717, 1.165) is 31.5 Å². The molecular weight excluding hydrogens is 374 g/mol. The second-order valence-corrected chi connectivity index (χ2v) is 8.65. The molecule has 1 atom stereocenters. The van der Waals surface area contributed by atoms with E-state index in [-0.39, 0.29) is 11.9 Å². The van der Waals surface area contributed by atoms with Gasteiger partial charge in [-0.3, -0.25) is 4.79 Å². The molecule has 0 spiro atoms. The third-order valence-electron chi connectivity index (χ3n) is 4.54. The van der Waals surface area contributed by atoms with Gasteiger partial charge in [-0.25, -0.2) is 9.97 Å². The van der Waals surface area contributed by atoms with Crippen LogP contribution in [0.2, 0.25) is 0 Å². The lowest BCUT2D eigenvalue weighted by Gasteiger charge is -2.23. The van der Waals surface area contributed by atoms with Gasteiger partial charge in [-0.2, -0.15) is 0 Å². The zero-order chi connectivity index (χ0) is 19.0. The van der Waals surface area contributed by atoms with Crippen LogP contribution in [0, 0.1) is 6.92 Å². The zero-order valence-corrected chi connectivity index (χ0v) is 17.0. The standard InChI is InChI=1S/C21H19N3OS2/c1-13(20-23-16-11-7-8-12-17(16)27-20)24(3)21(25)19-18(22-14(2)26-19)15-9-5-4-6-10-15/h4-13H,1-3H3/t13-/m1/s1. The molecule has 4 aromatic rings. The maximum atomic E-state index is 13.3. The molecule has 0 radical (unpaired) electrons. The van der Waals surface area contributed by atoms with Crippen LogP contribution in [0.1, 0.15) is 32.7 Å². The van der Waals surface area contributed by atoms with E-state index >= 15 is 0 Å². The highest BCUT2D eigenvalue weighted by Crippen LogP contribution is 2.33. The van der Waals surface area contributed by atoms with Gasteiger partial charge in [0.1, 0.15) is 9.88 Å². The average molecular weight is 394 g/mol. The molecule has 0 aliphatic rings. The van der Waals surface area contributed by atoms with Crippen molar-refractivity contribution in [3.63, 3.8) is 0 Å². The summed E-state index contributed by atoms with van der Waals surface area (Å²) in [6.45, 7) is 3.95. The molecule has 0 saturated heterocycles. The van der Waals surface area contributed by atoms with Gasteiger partial charge in [0, 0.05) is 12.6 Å². The first kappa shape index (κ1) is 17.8. The molecule has 2 aromatic carbocycles. The number of aromatic nitrogens is 2. The summed E-state index contributed by atoms with van der Waals surface area (Å²) < 4.78 is 1.14. The molecule has 0 bridgehead atoms. The number of para-hydroxylation sites is 1. The van der Waals surface area contributed by atoms with Gasteiger partial charge in [0.25, 0.3) is 5.91 Å². The normalized spacial score (nSPS) is 12.3. The third kappa shape index (κ3) is 3.38. The van der Waals surface area contributed by atoms with Gasteiger partial charge >= 0.3 is 0 Å². The summed E-state index contributed by atoms with van der Waals surface area (Å²) >= 11 is 3.08. The van der Waals surface area contributed by atoms with Gasteiger partial charge in [0.05, 0.1) is 27.0 Å². The highest BCUT2D eigenvalue weighted by atomic mass is 32.1. The van der Waals surface area contributed by atoms with Crippen LogP contribution in [-0.2, 0) is 0 Å². The van der Waals surface area contributed by atoms with E-state index < -0.39 is 0 Å². The summed E-state index contributed by atoms with van der Waals surface area (Å²) in [6.07, 6.45) is 0. The van der Waals surface area contributed by atoms with Crippen LogP contribution >= 0.6 is 22.7 Å². The summed E-state index contributed by atoms with van der Waals surface area (Å²) in [6, 6.07) is 17.8. The van der Waals surface area contributed by atoms with E-state index in [4.69, 9.17) is 4.98 Å². The van der Waals surface area contributed by atoms with E-state index in [9.17, 15) is 4.79 Å². The maximum Gasteiger partial charge on any atom is 0.266 e. The molecule has 136 valence electrons. The van der Waals surface area contributed by atoms with E-state index in [1.807, 2.05) is 69.4 Å². The minimum atomic E-state index is -0.110. The highest BCUT2D eigenvalue weighted by molar-refractivity contribution is 7.18. The molecular formula is C21H19N3OS2. The molecule has 6 heteroatoms. The minimum Gasteiger partial charge on any atom is -0.332 e. The van der Waals surface area contributed by atoms with Crippen molar-refractivity contribution in [3.05, 3.63) is 69.5 Å². The first-order valence-electron chi connectivity index (χ1n) is 8.70. The number of rotatable bonds is 4. The molecule has 0 unspecified atom stereocenters. The summed E-state index contributed by atoms with van der Waals surface area (Å²) in [7, 11) is 1.84. The van der Waals surface area contributed by atoms with Gasteiger partial charge < -0.3 is 4.90 Å². The van der Waals surface area contributed by atoms with Gasteiger partial charge in [0.15, 0.2) is 0 Å². The number of nitrogens with zero attached hydrogens (tertiary/aromatic N) is 3. The lowest BCUT2D eigenvalue weighted by atomic mass is 10.1. The second kappa shape index (κ2) is 7.21. The molecule has 0 saturated carbocycles. The number of carbonyl (C=O) groups excluding carboxylic acids is 1. The van der Waals surface area contributed by atoms with Gasteiger partial charge in [-0.1, -0.05) is 42.5 Å². The Bertz CT molecular complexity index is 1070. The first-order valence-corrected chi connectivity index (χ1v) is 10.3. The smallest absolute Gasteiger partial charge is 0.266 e. The Morgan fingerprint density at radius 3 is 2.44 bits per heavy atom. The monoisotopic (exact) mass is 393 g/mol. The van der Waals surface area contributed by atoms with Crippen LogP contribution in [0.15, 0.2) is 54.6 Å². The van der Waals surface area contributed by atoms with E-state index in [1.54, 1.807) is 16.2 Å². The van der Waals surface area contributed by atoms with Crippen molar-refractivity contribution in [3.8, 4) is 11.3 Å². The van der Waals surface area contributed by atoms with Crippen molar-refractivity contribution in [2.24, 2.45) is 0 Å².